The minimum atomic E-state index is -0.208. The molecular weight excluding hydrogens is 266 g/mol. The van der Waals surface area contributed by atoms with Gasteiger partial charge in [-0.05, 0) is 25.2 Å². The van der Waals surface area contributed by atoms with Crippen LogP contribution in [0.5, 0.6) is 0 Å². The van der Waals surface area contributed by atoms with Crippen LogP contribution in [0.1, 0.15) is 29.6 Å². The van der Waals surface area contributed by atoms with E-state index in [0.717, 1.165) is 30.5 Å². The first-order valence-electron chi connectivity index (χ1n) is 7.29. The van der Waals surface area contributed by atoms with Crippen molar-refractivity contribution in [1.82, 2.24) is 15.5 Å². The van der Waals surface area contributed by atoms with Gasteiger partial charge in [0.2, 0.25) is 0 Å². The van der Waals surface area contributed by atoms with Crippen molar-refractivity contribution >= 4 is 5.91 Å². The summed E-state index contributed by atoms with van der Waals surface area (Å²) in [6.45, 7) is 0.606. The number of hydrogen-bond donors (Lipinski definition) is 3. The van der Waals surface area contributed by atoms with E-state index in [2.05, 4.69) is 15.5 Å². The first-order chi connectivity index (χ1) is 10.2. The summed E-state index contributed by atoms with van der Waals surface area (Å²) in [5.74, 6) is 0.250. The molecule has 110 valence electrons. The summed E-state index contributed by atoms with van der Waals surface area (Å²) in [5, 5.41) is 19.3. The van der Waals surface area contributed by atoms with E-state index in [1.807, 2.05) is 30.3 Å². The molecular formula is C16H19N3O2. The van der Waals surface area contributed by atoms with Crippen molar-refractivity contribution in [3.8, 4) is 11.3 Å². The van der Waals surface area contributed by atoms with Gasteiger partial charge in [0, 0.05) is 12.1 Å². The highest BCUT2D eigenvalue weighted by Crippen LogP contribution is 2.25. The zero-order valence-corrected chi connectivity index (χ0v) is 11.7. The molecule has 2 unspecified atom stereocenters. The van der Waals surface area contributed by atoms with E-state index < -0.39 is 0 Å². The molecule has 1 amide bonds. The predicted octanol–water partition coefficient (Wildman–Crippen LogP) is 1.97. The van der Waals surface area contributed by atoms with E-state index in [-0.39, 0.29) is 12.0 Å². The van der Waals surface area contributed by atoms with Crippen molar-refractivity contribution in [3.63, 3.8) is 0 Å². The fraction of sp³-hybridized carbons (Fsp3) is 0.375. The maximum atomic E-state index is 12.3. The van der Waals surface area contributed by atoms with E-state index in [9.17, 15) is 9.90 Å². The largest absolute Gasteiger partial charge is 0.393 e. The van der Waals surface area contributed by atoms with E-state index >= 15 is 0 Å². The molecule has 2 aromatic rings. The van der Waals surface area contributed by atoms with Gasteiger partial charge in [-0.25, -0.2) is 0 Å². The standard InChI is InChI=1S/C16H19N3O2/c20-13-7-6-11(8-13)9-17-16(21)14-10-18-19-15(14)12-4-2-1-3-5-12/h1-5,10-11,13,20H,6-9H2,(H,17,21)(H,18,19). The number of H-pyrrole nitrogens is 1. The number of aliphatic hydroxyl groups excluding tert-OH is 1. The monoisotopic (exact) mass is 285 g/mol. The summed E-state index contributed by atoms with van der Waals surface area (Å²) in [7, 11) is 0. The topological polar surface area (TPSA) is 78.0 Å². The second-order valence-electron chi connectivity index (χ2n) is 5.57. The maximum Gasteiger partial charge on any atom is 0.255 e. The maximum absolute atomic E-state index is 12.3. The molecule has 1 aromatic heterocycles. The van der Waals surface area contributed by atoms with Crippen molar-refractivity contribution in [2.45, 2.75) is 25.4 Å². The van der Waals surface area contributed by atoms with E-state index in [1.54, 1.807) is 6.20 Å². The molecule has 0 saturated heterocycles. The lowest BCUT2D eigenvalue weighted by atomic mass is 10.1. The molecule has 1 fully saturated rings. The predicted molar refractivity (Wildman–Crippen MR) is 79.7 cm³/mol. The number of aromatic amines is 1. The second kappa shape index (κ2) is 6.10. The Bertz CT molecular complexity index is 609. The van der Waals surface area contributed by atoms with Crippen LogP contribution in [0.15, 0.2) is 36.5 Å². The van der Waals surface area contributed by atoms with Gasteiger partial charge in [-0.15, -0.1) is 0 Å². The molecule has 3 rings (SSSR count). The Kier molecular flexibility index (Phi) is 4.01. The van der Waals surface area contributed by atoms with Crippen LogP contribution < -0.4 is 5.32 Å². The van der Waals surface area contributed by atoms with Crippen LogP contribution in [-0.4, -0.2) is 33.9 Å². The number of nitrogens with one attached hydrogen (secondary N) is 2. The third-order valence-electron chi connectivity index (χ3n) is 4.01. The van der Waals surface area contributed by atoms with E-state index in [0.29, 0.717) is 18.0 Å². The van der Waals surface area contributed by atoms with Crippen LogP contribution in [-0.2, 0) is 0 Å². The normalized spacial score (nSPS) is 21.4. The number of hydrogen-bond acceptors (Lipinski definition) is 3. The average Bonchev–Trinajstić information content (AvgIpc) is 3.14. The third kappa shape index (κ3) is 3.13. The van der Waals surface area contributed by atoms with Crippen molar-refractivity contribution in [3.05, 3.63) is 42.1 Å². The zero-order chi connectivity index (χ0) is 14.7. The Morgan fingerprint density at radius 1 is 1.33 bits per heavy atom. The lowest BCUT2D eigenvalue weighted by Gasteiger charge is -2.11. The van der Waals surface area contributed by atoms with Gasteiger partial charge in [-0.1, -0.05) is 30.3 Å². The first-order valence-corrected chi connectivity index (χ1v) is 7.29. The molecule has 0 bridgehead atoms. The first kappa shape index (κ1) is 13.8. The van der Waals surface area contributed by atoms with Crippen molar-refractivity contribution < 1.29 is 9.90 Å². The molecule has 1 aliphatic carbocycles. The third-order valence-corrected chi connectivity index (χ3v) is 4.01. The summed E-state index contributed by atoms with van der Waals surface area (Å²) >= 11 is 0. The summed E-state index contributed by atoms with van der Waals surface area (Å²) < 4.78 is 0. The van der Waals surface area contributed by atoms with Crippen molar-refractivity contribution in [2.24, 2.45) is 5.92 Å². The Morgan fingerprint density at radius 2 is 2.14 bits per heavy atom. The van der Waals surface area contributed by atoms with Gasteiger partial charge >= 0.3 is 0 Å². The second-order valence-corrected chi connectivity index (χ2v) is 5.57. The molecule has 21 heavy (non-hydrogen) atoms. The molecule has 1 aliphatic rings. The minimum Gasteiger partial charge on any atom is -0.393 e. The van der Waals surface area contributed by atoms with Crippen LogP contribution in [0, 0.1) is 5.92 Å². The number of carbonyl (C=O) groups excluding carboxylic acids is 1. The summed E-state index contributed by atoms with van der Waals surface area (Å²) in [6, 6.07) is 9.68. The van der Waals surface area contributed by atoms with Crippen LogP contribution in [0.3, 0.4) is 0 Å². The lowest BCUT2D eigenvalue weighted by Crippen LogP contribution is -2.28. The zero-order valence-electron chi connectivity index (χ0n) is 11.7. The van der Waals surface area contributed by atoms with Crippen LogP contribution in [0.2, 0.25) is 0 Å². The van der Waals surface area contributed by atoms with Gasteiger partial charge in [-0.3, -0.25) is 9.89 Å². The highest BCUT2D eigenvalue weighted by molar-refractivity contribution is 5.99. The van der Waals surface area contributed by atoms with E-state index in [1.165, 1.54) is 0 Å². The smallest absolute Gasteiger partial charge is 0.255 e. The van der Waals surface area contributed by atoms with Gasteiger partial charge in [0.05, 0.1) is 23.6 Å². The van der Waals surface area contributed by atoms with Crippen LogP contribution in [0.25, 0.3) is 11.3 Å². The number of nitrogens with zero attached hydrogens (tertiary/aromatic N) is 1. The minimum absolute atomic E-state index is 0.121. The molecule has 0 spiro atoms. The molecule has 0 radical (unpaired) electrons. The molecule has 3 N–H and O–H groups in total. The summed E-state index contributed by atoms with van der Waals surface area (Å²) in [4.78, 5) is 12.3. The summed E-state index contributed by atoms with van der Waals surface area (Å²) in [6.07, 6.45) is 3.93. The number of amides is 1. The molecule has 1 heterocycles. The highest BCUT2D eigenvalue weighted by Gasteiger charge is 2.23. The van der Waals surface area contributed by atoms with Crippen LogP contribution >= 0.6 is 0 Å². The molecule has 0 aliphatic heterocycles. The van der Waals surface area contributed by atoms with Gasteiger partial charge in [0.25, 0.3) is 5.91 Å². The number of aliphatic hydroxyl groups is 1. The Hall–Kier alpha value is -2.14. The number of carbonyl (C=O) groups is 1. The lowest BCUT2D eigenvalue weighted by molar-refractivity contribution is 0.0946. The van der Waals surface area contributed by atoms with Gasteiger partial charge in [0.1, 0.15) is 0 Å². The number of aromatic nitrogens is 2. The summed E-state index contributed by atoms with van der Waals surface area (Å²) in [5.41, 5.74) is 2.23. The highest BCUT2D eigenvalue weighted by atomic mass is 16.3. The van der Waals surface area contributed by atoms with Crippen molar-refractivity contribution in [2.75, 3.05) is 6.54 Å². The molecule has 1 aromatic carbocycles. The molecule has 2 atom stereocenters. The van der Waals surface area contributed by atoms with Crippen molar-refractivity contribution in [1.29, 1.82) is 0 Å². The quantitative estimate of drug-likeness (QED) is 0.803. The molecule has 1 saturated carbocycles. The fourth-order valence-electron chi connectivity index (χ4n) is 2.85. The Labute approximate surface area is 123 Å². The number of benzene rings is 1. The Morgan fingerprint density at radius 3 is 2.86 bits per heavy atom. The van der Waals surface area contributed by atoms with Gasteiger partial charge in [-0.2, -0.15) is 5.10 Å². The van der Waals surface area contributed by atoms with E-state index in [4.69, 9.17) is 0 Å². The molecule has 5 heteroatoms. The fourth-order valence-corrected chi connectivity index (χ4v) is 2.85. The average molecular weight is 285 g/mol. The van der Waals surface area contributed by atoms with Gasteiger partial charge in [0.15, 0.2) is 0 Å². The number of rotatable bonds is 4. The van der Waals surface area contributed by atoms with Crippen LogP contribution in [0.4, 0.5) is 0 Å². The Balaban J connectivity index is 1.67. The molecule has 5 nitrogen and oxygen atoms in total. The SMILES string of the molecule is O=C(NCC1CCC(O)C1)c1cn[nH]c1-c1ccccc1. The van der Waals surface area contributed by atoms with Gasteiger partial charge < -0.3 is 10.4 Å².